The summed E-state index contributed by atoms with van der Waals surface area (Å²) >= 11 is 1.57. The fourth-order valence-corrected chi connectivity index (χ4v) is 4.72. The van der Waals surface area contributed by atoms with Crippen LogP contribution in [0.1, 0.15) is 58.8 Å². The first-order chi connectivity index (χ1) is 12.9. The lowest BCUT2D eigenvalue weighted by Crippen LogP contribution is -2.18. The Morgan fingerprint density at radius 1 is 1.37 bits per heavy atom. The van der Waals surface area contributed by atoms with Crippen molar-refractivity contribution in [3.05, 3.63) is 50.4 Å². The summed E-state index contributed by atoms with van der Waals surface area (Å²) in [5.74, 6) is 0.365. The molecule has 0 saturated carbocycles. The molecule has 0 amide bonds. The van der Waals surface area contributed by atoms with Crippen molar-refractivity contribution < 1.29 is 9.53 Å². The lowest BCUT2D eigenvalue weighted by atomic mass is 9.89. The number of aromatic nitrogens is 4. The molecule has 3 aromatic rings. The van der Waals surface area contributed by atoms with Crippen molar-refractivity contribution in [2.75, 3.05) is 0 Å². The van der Waals surface area contributed by atoms with Gasteiger partial charge in [-0.3, -0.25) is 9.78 Å². The number of esters is 1. The van der Waals surface area contributed by atoms with Crippen molar-refractivity contribution in [1.29, 1.82) is 0 Å². The molecule has 4 rings (SSSR count). The van der Waals surface area contributed by atoms with E-state index in [2.05, 4.69) is 26.9 Å². The van der Waals surface area contributed by atoms with Gasteiger partial charge in [-0.25, -0.2) is 14.8 Å². The summed E-state index contributed by atoms with van der Waals surface area (Å²) in [5, 5.41) is 0.688. The van der Waals surface area contributed by atoms with Gasteiger partial charge in [0, 0.05) is 11.1 Å². The van der Waals surface area contributed by atoms with E-state index in [0.29, 0.717) is 27.7 Å². The molecule has 0 aromatic carbocycles. The highest BCUT2D eigenvalue weighted by Crippen LogP contribution is 2.35. The minimum Gasteiger partial charge on any atom is -0.450 e. The molecule has 0 spiro atoms. The molecule has 140 valence electrons. The highest BCUT2D eigenvalue weighted by molar-refractivity contribution is 7.18. The Morgan fingerprint density at radius 2 is 2.19 bits per heavy atom. The van der Waals surface area contributed by atoms with Crippen molar-refractivity contribution >= 4 is 27.5 Å². The second-order valence-electron chi connectivity index (χ2n) is 7.07. The van der Waals surface area contributed by atoms with Crippen LogP contribution in [-0.2, 0) is 17.6 Å². The molecule has 0 fully saturated rings. The monoisotopic (exact) mass is 384 g/mol. The van der Waals surface area contributed by atoms with Gasteiger partial charge in [-0.05, 0) is 44.6 Å². The van der Waals surface area contributed by atoms with Crippen molar-refractivity contribution in [2.45, 2.75) is 46.1 Å². The lowest BCUT2D eigenvalue weighted by Gasteiger charge is -2.17. The van der Waals surface area contributed by atoms with Crippen LogP contribution in [-0.4, -0.2) is 25.9 Å². The standard InChI is InChI=1S/C19H20N4O3S/c1-9-4-5-12-14(6-9)27-18-15(12)17(24)22-16(23-18)11(3)26-19(25)13-8-20-10(2)7-21-13/h7-9,11H,4-6H2,1-3H3,(H,22,23,24)/t9-,11-/m0/s1. The number of fused-ring (bicyclic) bond motifs is 3. The largest absolute Gasteiger partial charge is 0.450 e. The third-order valence-electron chi connectivity index (χ3n) is 4.84. The van der Waals surface area contributed by atoms with Crippen LogP contribution in [0.4, 0.5) is 0 Å². The molecule has 1 N–H and O–H groups in total. The van der Waals surface area contributed by atoms with Gasteiger partial charge >= 0.3 is 5.97 Å². The van der Waals surface area contributed by atoms with E-state index in [0.717, 1.165) is 24.8 Å². The zero-order chi connectivity index (χ0) is 19.1. The Hall–Kier alpha value is -2.61. The molecule has 3 aromatic heterocycles. The Balaban J connectivity index is 1.62. The Bertz CT molecular complexity index is 1070. The molecule has 8 heteroatoms. The smallest absolute Gasteiger partial charge is 0.359 e. The first-order valence-corrected chi connectivity index (χ1v) is 9.78. The number of ether oxygens (including phenoxy) is 1. The lowest BCUT2D eigenvalue weighted by molar-refractivity contribution is 0.0312. The Kier molecular flexibility index (Phi) is 4.51. The van der Waals surface area contributed by atoms with E-state index < -0.39 is 12.1 Å². The maximum absolute atomic E-state index is 12.7. The van der Waals surface area contributed by atoms with Crippen molar-refractivity contribution in [3.63, 3.8) is 0 Å². The van der Waals surface area contributed by atoms with E-state index in [1.807, 2.05) is 0 Å². The van der Waals surface area contributed by atoms with E-state index in [-0.39, 0.29) is 11.3 Å². The van der Waals surface area contributed by atoms with E-state index in [4.69, 9.17) is 4.74 Å². The molecule has 0 aliphatic heterocycles. The molecule has 0 radical (unpaired) electrons. The van der Waals surface area contributed by atoms with Crippen LogP contribution in [0.3, 0.4) is 0 Å². The van der Waals surface area contributed by atoms with Gasteiger partial charge in [0.1, 0.15) is 4.83 Å². The van der Waals surface area contributed by atoms with Crippen LogP contribution in [0, 0.1) is 12.8 Å². The fourth-order valence-electron chi connectivity index (χ4n) is 3.33. The van der Waals surface area contributed by atoms with Crippen molar-refractivity contribution in [1.82, 2.24) is 19.9 Å². The van der Waals surface area contributed by atoms with Gasteiger partial charge in [0.2, 0.25) is 0 Å². The molecule has 0 saturated heterocycles. The van der Waals surface area contributed by atoms with Crippen molar-refractivity contribution in [2.24, 2.45) is 5.92 Å². The minimum absolute atomic E-state index is 0.122. The number of hydrogen-bond acceptors (Lipinski definition) is 7. The van der Waals surface area contributed by atoms with Crippen LogP contribution in [0.25, 0.3) is 10.2 Å². The number of rotatable bonds is 3. The van der Waals surface area contributed by atoms with Crippen LogP contribution in [0.2, 0.25) is 0 Å². The molecule has 27 heavy (non-hydrogen) atoms. The number of carbonyl (C=O) groups excluding carboxylic acids is 1. The normalized spacial score (nSPS) is 17.5. The molecule has 1 aliphatic carbocycles. The summed E-state index contributed by atoms with van der Waals surface area (Å²) in [7, 11) is 0. The van der Waals surface area contributed by atoms with E-state index in [9.17, 15) is 9.59 Å². The van der Waals surface area contributed by atoms with Gasteiger partial charge in [-0.2, -0.15) is 0 Å². The number of aryl methyl sites for hydroxylation is 2. The molecule has 0 bridgehead atoms. The first-order valence-electron chi connectivity index (χ1n) is 8.96. The van der Waals surface area contributed by atoms with Crippen LogP contribution in [0.5, 0.6) is 0 Å². The summed E-state index contributed by atoms with van der Waals surface area (Å²) in [5.41, 5.74) is 1.80. The van der Waals surface area contributed by atoms with Gasteiger partial charge in [0.05, 0.1) is 17.3 Å². The van der Waals surface area contributed by atoms with Crippen molar-refractivity contribution in [3.8, 4) is 0 Å². The van der Waals surface area contributed by atoms with Gasteiger partial charge in [0.25, 0.3) is 5.56 Å². The predicted molar refractivity (Wildman–Crippen MR) is 102 cm³/mol. The zero-order valence-corrected chi connectivity index (χ0v) is 16.2. The molecular weight excluding hydrogens is 364 g/mol. The van der Waals surface area contributed by atoms with E-state index in [1.165, 1.54) is 17.3 Å². The second-order valence-corrected chi connectivity index (χ2v) is 8.16. The number of carbonyl (C=O) groups is 1. The summed E-state index contributed by atoms with van der Waals surface area (Å²) in [6.07, 6.45) is 5.17. The average molecular weight is 384 g/mol. The topological polar surface area (TPSA) is 97.8 Å². The molecule has 2 atom stereocenters. The maximum atomic E-state index is 12.7. The highest BCUT2D eigenvalue weighted by Gasteiger charge is 2.24. The van der Waals surface area contributed by atoms with E-state index in [1.54, 1.807) is 25.2 Å². The van der Waals surface area contributed by atoms with Gasteiger partial charge in [-0.1, -0.05) is 6.92 Å². The van der Waals surface area contributed by atoms with Gasteiger partial charge in [0.15, 0.2) is 17.6 Å². The van der Waals surface area contributed by atoms with Gasteiger partial charge < -0.3 is 9.72 Å². The third kappa shape index (κ3) is 3.37. The van der Waals surface area contributed by atoms with E-state index >= 15 is 0 Å². The number of hydrogen-bond donors (Lipinski definition) is 1. The van der Waals surface area contributed by atoms with Crippen LogP contribution in [0.15, 0.2) is 17.2 Å². The number of nitrogens with zero attached hydrogens (tertiary/aromatic N) is 3. The second kappa shape index (κ2) is 6.84. The summed E-state index contributed by atoms with van der Waals surface area (Å²) < 4.78 is 5.42. The molecular formula is C19H20N4O3S. The predicted octanol–water partition coefficient (Wildman–Crippen LogP) is 3.13. The third-order valence-corrected chi connectivity index (χ3v) is 5.99. The Labute approximate surface area is 159 Å². The van der Waals surface area contributed by atoms with Crippen LogP contribution < -0.4 is 5.56 Å². The first kappa shape index (κ1) is 17.8. The van der Waals surface area contributed by atoms with Gasteiger partial charge in [-0.15, -0.1) is 11.3 Å². The number of nitrogens with one attached hydrogen (secondary N) is 1. The SMILES string of the molecule is Cc1cnc(C(=O)O[C@@H](C)c2nc3sc4c(c3c(=O)[nH]2)CC[C@H](C)C4)cn1. The summed E-state index contributed by atoms with van der Waals surface area (Å²) in [4.78, 5) is 42.3. The van der Waals surface area contributed by atoms with Crippen LogP contribution >= 0.6 is 11.3 Å². The summed E-state index contributed by atoms with van der Waals surface area (Å²) in [6, 6.07) is 0. The molecule has 1 aliphatic rings. The zero-order valence-electron chi connectivity index (χ0n) is 15.4. The number of aromatic amines is 1. The summed E-state index contributed by atoms with van der Waals surface area (Å²) in [6.45, 7) is 5.70. The highest BCUT2D eigenvalue weighted by atomic mass is 32.1. The Morgan fingerprint density at radius 3 is 2.93 bits per heavy atom. The minimum atomic E-state index is -0.698. The molecule has 3 heterocycles. The quantitative estimate of drug-likeness (QED) is 0.697. The molecule has 0 unspecified atom stereocenters. The fraction of sp³-hybridized carbons (Fsp3) is 0.421. The number of thiophene rings is 1. The maximum Gasteiger partial charge on any atom is 0.359 e. The average Bonchev–Trinajstić information content (AvgIpc) is 2.99. The number of H-pyrrole nitrogens is 1. The molecule has 7 nitrogen and oxygen atoms in total.